The van der Waals surface area contributed by atoms with E-state index >= 15 is 0 Å². The van der Waals surface area contributed by atoms with Gasteiger partial charge in [0, 0.05) is 4.47 Å². The molecule has 18 heavy (non-hydrogen) atoms. The Hall–Kier alpha value is -1.03. The van der Waals surface area contributed by atoms with Crippen LogP contribution in [-0.2, 0) is 0 Å². The van der Waals surface area contributed by atoms with Gasteiger partial charge in [0.15, 0.2) is 0 Å². The lowest BCUT2D eigenvalue weighted by molar-refractivity contribution is 0.102. The molecule has 0 aliphatic rings. The van der Waals surface area contributed by atoms with E-state index in [9.17, 15) is 4.79 Å². The largest absolute Gasteiger partial charge is 0.321 e. The fraction of sp³-hybridized carbons (Fsp3) is 0. The minimum Gasteiger partial charge on any atom is -0.321 e. The van der Waals surface area contributed by atoms with E-state index in [4.69, 9.17) is 23.2 Å². The smallest absolute Gasteiger partial charge is 0.258 e. The number of halogens is 3. The third-order valence-corrected chi connectivity index (χ3v) is 3.63. The minimum atomic E-state index is -0.336. The van der Waals surface area contributed by atoms with E-state index in [-0.39, 0.29) is 11.5 Å². The molecular formula is C13H8BrCl2NO. The Labute approximate surface area is 123 Å². The van der Waals surface area contributed by atoms with Gasteiger partial charge in [-0.1, -0.05) is 41.4 Å². The van der Waals surface area contributed by atoms with Crippen LogP contribution in [0.15, 0.2) is 46.9 Å². The van der Waals surface area contributed by atoms with Crippen molar-refractivity contribution in [2.24, 2.45) is 0 Å². The summed E-state index contributed by atoms with van der Waals surface area (Å²) in [4.78, 5) is 12.1. The zero-order valence-corrected chi connectivity index (χ0v) is 12.2. The number of rotatable bonds is 2. The van der Waals surface area contributed by atoms with Crippen LogP contribution in [0.5, 0.6) is 0 Å². The van der Waals surface area contributed by atoms with Gasteiger partial charge >= 0.3 is 0 Å². The lowest BCUT2D eigenvalue weighted by Gasteiger charge is -2.09. The Morgan fingerprint density at radius 2 is 1.61 bits per heavy atom. The normalized spacial score (nSPS) is 10.2. The predicted molar refractivity (Wildman–Crippen MR) is 78.6 cm³/mol. The van der Waals surface area contributed by atoms with Crippen LogP contribution in [0, 0.1) is 0 Å². The summed E-state index contributed by atoms with van der Waals surface area (Å²) in [6.07, 6.45) is 0. The van der Waals surface area contributed by atoms with Crippen LogP contribution in [0.25, 0.3) is 0 Å². The van der Waals surface area contributed by atoms with Crippen LogP contribution < -0.4 is 5.32 Å². The summed E-state index contributed by atoms with van der Waals surface area (Å²) in [6.45, 7) is 0. The number of benzene rings is 2. The molecule has 0 aromatic heterocycles. The Balaban J connectivity index is 2.31. The van der Waals surface area contributed by atoms with Crippen molar-refractivity contribution in [1.82, 2.24) is 0 Å². The summed E-state index contributed by atoms with van der Waals surface area (Å²) in [5.74, 6) is -0.336. The van der Waals surface area contributed by atoms with Gasteiger partial charge in [0.2, 0.25) is 0 Å². The molecule has 0 radical (unpaired) electrons. The van der Waals surface area contributed by atoms with E-state index in [0.29, 0.717) is 15.7 Å². The third-order valence-electron chi connectivity index (χ3n) is 2.31. The van der Waals surface area contributed by atoms with Crippen molar-refractivity contribution < 1.29 is 4.79 Å². The van der Waals surface area contributed by atoms with Crippen LogP contribution in [0.3, 0.4) is 0 Å². The molecule has 0 heterocycles. The van der Waals surface area contributed by atoms with Gasteiger partial charge in [0.05, 0.1) is 21.3 Å². The number of para-hydroxylation sites is 1. The van der Waals surface area contributed by atoms with E-state index in [1.807, 2.05) is 18.2 Å². The fourth-order valence-corrected chi connectivity index (χ4v) is 2.42. The highest BCUT2D eigenvalue weighted by atomic mass is 79.9. The van der Waals surface area contributed by atoms with Crippen LogP contribution in [-0.4, -0.2) is 5.91 Å². The molecule has 2 aromatic rings. The highest BCUT2D eigenvalue weighted by Gasteiger charge is 2.15. The van der Waals surface area contributed by atoms with E-state index < -0.39 is 0 Å². The maximum Gasteiger partial charge on any atom is 0.258 e. The average molecular weight is 345 g/mol. The van der Waals surface area contributed by atoms with E-state index in [1.165, 1.54) is 0 Å². The van der Waals surface area contributed by atoms with Gasteiger partial charge in [0.1, 0.15) is 0 Å². The number of nitrogens with one attached hydrogen (secondary N) is 1. The van der Waals surface area contributed by atoms with Crippen molar-refractivity contribution in [1.29, 1.82) is 0 Å². The lowest BCUT2D eigenvalue weighted by Crippen LogP contribution is -2.13. The zero-order chi connectivity index (χ0) is 13.1. The van der Waals surface area contributed by atoms with E-state index in [0.717, 1.165) is 4.47 Å². The van der Waals surface area contributed by atoms with E-state index in [2.05, 4.69) is 21.2 Å². The molecule has 0 saturated carbocycles. The Bertz CT molecular complexity index is 581. The molecule has 0 bridgehead atoms. The molecule has 0 aliphatic heterocycles. The maximum absolute atomic E-state index is 12.1. The molecular weight excluding hydrogens is 337 g/mol. The van der Waals surface area contributed by atoms with Crippen molar-refractivity contribution in [2.75, 3.05) is 5.32 Å². The third kappa shape index (κ3) is 2.86. The van der Waals surface area contributed by atoms with Crippen molar-refractivity contribution >= 4 is 50.7 Å². The summed E-state index contributed by atoms with van der Waals surface area (Å²) in [5, 5.41) is 3.41. The maximum atomic E-state index is 12.1. The second-order valence-electron chi connectivity index (χ2n) is 3.53. The van der Waals surface area contributed by atoms with Gasteiger partial charge in [-0.3, -0.25) is 4.79 Å². The van der Waals surface area contributed by atoms with Gasteiger partial charge in [-0.25, -0.2) is 0 Å². The van der Waals surface area contributed by atoms with Gasteiger partial charge < -0.3 is 5.32 Å². The first kappa shape index (κ1) is 13.4. The zero-order valence-electron chi connectivity index (χ0n) is 9.08. The van der Waals surface area contributed by atoms with Crippen LogP contribution in [0.2, 0.25) is 10.0 Å². The van der Waals surface area contributed by atoms with Crippen LogP contribution in [0.1, 0.15) is 10.4 Å². The Kier molecular flexibility index (Phi) is 4.27. The van der Waals surface area contributed by atoms with Crippen LogP contribution in [0.4, 0.5) is 5.69 Å². The Morgan fingerprint density at radius 1 is 1.00 bits per heavy atom. The highest BCUT2D eigenvalue weighted by molar-refractivity contribution is 9.10. The summed E-state index contributed by atoms with van der Waals surface area (Å²) in [5.41, 5.74) is 0.940. The highest BCUT2D eigenvalue weighted by Crippen LogP contribution is 2.27. The number of hydrogen-bond acceptors (Lipinski definition) is 1. The van der Waals surface area contributed by atoms with Crippen LogP contribution >= 0.6 is 39.1 Å². The molecule has 0 spiro atoms. The monoisotopic (exact) mass is 343 g/mol. The van der Waals surface area contributed by atoms with E-state index in [1.54, 1.807) is 24.3 Å². The molecule has 1 amide bonds. The summed E-state index contributed by atoms with van der Waals surface area (Å²) in [6, 6.07) is 12.3. The lowest BCUT2D eigenvalue weighted by atomic mass is 10.2. The van der Waals surface area contributed by atoms with Crippen molar-refractivity contribution in [3.8, 4) is 0 Å². The van der Waals surface area contributed by atoms with Gasteiger partial charge in [-0.2, -0.15) is 0 Å². The Morgan fingerprint density at radius 3 is 2.22 bits per heavy atom. The molecule has 2 aromatic carbocycles. The fourth-order valence-electron chi connectivity index (χ4n) is 1.46. The number of hydrogen-bond donors (Lipinski definition) is 1. The van der Waals surface area contributed by atoms with Gasteiger partial charge in [-0.05, 0) is 40.2 Å². The first-order chi connectivity index (χ1) is 8.59. The molecule has 0 saturated heterocycles. The summed E-state index contributed by atoms with van der Waals surface area (Å²) >= 11 is 15.3. The SMILES string of the molecule is O=C(Nc1ccccc1Br)c1c(Cl)cccc1Cl. The van der Waals surface area contributed by atoms with Gasteiger partial charge in [-0.15, -0.1) is 0 Å². The standard InChI is InChI=1S/C13H8BrCl2NO/c14-8-4-1-2-7-11(8)17-13(18)12-9(15)5-3-6-10(12)16/h1-7H,(H,17,18). The molecule has 2 nitrogen and oxygen atoms in total. The molecule has 92 valence electrons. The molecule has 0 unspecified atom stereocenters. The van der Waals surface area contributed by atoms with Gasteiger partial charge in [0.25, 0.3) is 5.91 Å². The molecule has 0 aliphatic carbocycles. The first-order valence-electron chi connectivity index (χ1n) is 5.09. The molecule has 5 heteroatoms. The molecule has 2 rings (SSSR count). The topological polar surface area (TPSA) is 29.1 Å². The second kappa shape index (κ2) is 5.74. The quantitative estimate of drug-likeness (QED) is 0.815. The molecule has 0 atom stereocenters. The number of amides is 1. The summed E-state index contributed by atoms with van der Waals surface area (Å²) in [7, 11) is 0. The number of anilines is 1. The molecule has 0 fully saturated rings. The van der Waals surface area contributed by atoms with Crippen molar-refractivity contribution in [2.45, 2.75) is 0 Å². The predicted octanol–water partition coefficient (Wildman–Crippen LogP) is 5.01. The van der Waals surface area contributed by atoms with Crippen molar-refractivity contribution in [3.63, 3.8) is 0 Å². The number of carbonyl (C=O) groups excluding carboxylic acids is 1. The summed E-state index contributed by atoms with van der Waals surface area (Å²) < 4.78 is 0.793. The molecule has 1 N–H and O–H groups in total. The minimum absolute atomic E-state index is 0.275. The van der Waals surface area contributed by atoms with Crippen molar-refractivity contribution in [3.05, 3.63) is 62.5 Å². The number of carbonyl (C=O) groups is 1. The average Bonchev–Trinajstić information content (AvgIpc) is 2.32. The second-order valence-corrected chi connectivity index (χ2v) is 5.20. The first-order valence-corrected chi connectivity index (χ1v) is 6.64.